The maximum atomic E-state index is 13.4. The van der Waals surface area contributed by atoms with Crippen LogP contribution in [0.15, 0.2) is 18.2 Å². The Bertz CT molecular complexity index is 406. The van der Waals surface area contributed by atoms with Crippen LogP contribution in [-0.4, -0.2) is 47.4 Å². The van der Waals surface area contributed by atoms with Crippen molar-refractivity contribution < 1.29 is 19.4 Å². The van der Waals surface area contributed by atoms with E-state index >= 15 is 0 Å². The van der Waals surface area contributed by atoms with Gasteiger partial charge in [-0.25, -0.2) is 9.18 Å². The van der Waals surface area contributed by atoms with Crippen LogP contribution in [0, 0.1) is 12.7 Å². The molecule has 0 spiro atoms. The highest BCUT2D eigenvalue weighted by Gasteiger charge is 2.14. The standard InChI is InChI=1S/C12H17FN2O3/c1-9-2-3-10(13)11(8-9)14-12(18)15(4-6-16)5-7-17/h2-3,8,16-17H,4-7H2,1H3,(H,14,18). The van der Waals surface area contributed by atoms with E-state index in [-0.39, 0.29) is 32.0 Å². The van der Waals surface area contributed by atoms with E-state index in [0.717, 1.165) is 5.56 Å². The molecule has 0 aliphatic rings. The fourth-order valence-electron chi connectivity index (χ4n) is 1.49. The molecule has 3 N–H and O–H groups in total. The highest BCUT2D eigenvalue weighted by atomic mass is 19.1. The number of hydrogen-bond donors (Lipinski definition) is 3. The molecule has 0 saturated carbocycles. The molecular formula is C12H17FN2O3. The van der Waals surface area contributed by atoms with Gasteiger partial charge >= 0.3 is 6.03 Å². The molecule has 0 aromatic heterocycles. The topological polar surface area (TPSA) is 72.8 Å². The molecule has 0 aliphatic carbocycles. The summed E-state index contributed by atoms with van der Waals surface area (Å²) in [6.45, 7) is 1.52. The maximum absolute atomic E-state index is 13.4. The van der Waals surface area contributed by atoms with Crippen LogP contribution < -0.4 is 5.32 Å². The number of nitrogens with zero attached hydrogens (tertiary/aromatic N) is 1. The van der Waals surface area contributed by atoms with Gasteiger partial charge in [0.2, 0.25) is 0 Å². The van der Waals surface area contributed by atoms with Gasteiger partial charge in [0.05, 0.1) is 18.9 Å². The minimum absolute atomic E-state index is 0.0832. The van der Waals surface area contributed by atoms with E-state index < -0.39 is 11.8 Å². The molecule has 1 aromatic carbocycles. The summed E-state index contributed by atoms with van der Waals surface area (Å²) in [4.78, 5) is 13.0. The van der Waals surface area contributed by atoms with Gasteiger partial charge < -0.3 is 20.4 Å². The van der Waals surface area contributed by atoms with Crippen molar-refractivity contribution in [3.8, 4) is 0 Å². The molecule has 0 saturated heterocycles. The minimum Gasteiger partial charge on any atom is -0.395 e. The van der Waals surface area contributed by atoms with Crippen LogP contribution >= 0.6 is 0 Å². The fraction of sp³-hybridized carbons (Fsp3) is 0.417. The van der Waals surface area contributed by atoms with E-state index in [1.165, 1.54) is 17.0 Å². The molecule has 2 amide bonds. The molecule has 0 atom stereocenters. The zero-order valence-electron chi connectivity index (χ0n) is 10.2. The Morgan fingerprint density at radius 2 is 1.94 bits per heavy atom. The van der Waals surface area contributed by atoms with E-state index in [4.69, 9.17) is 10.2 Å². The van der Waals surface area contributed by atoms with Gasteiger partial charge in [0.15, 0.2) is 0 Å². The van der Waals surface area contributed by atoms with E-state index in [9.17, 15) is 9.18 Å². The summed E-state index contributed by atoms with van der Waals surface area (Å²) in [6.07, 6.45) is 0. The van der Waals surface area contributed by atoms with Crippen molar-refractivity contribution in [3.05, 3.63) is 29.6 Å². The number of nitrogens with one attached hydrogen (secondary N) is 1. The average molecular weight is 256 g/mol. The third kappa shape index (κ3) is 3.97. The van der Waals surface area contributed by atoms with Crippen molar-refractivity contribution in [2.45, 2.75) is 6.92 Å². The quantitative estimate of drug-likeness (QED) is 0.734. The zero-order valence-corrected chi connectivity index (χ0v) is 10.2. The third-order valence-electron chi connectivity index (χ3n) is 2.39. The summed E-state index contributed by atoms with van der Waals surface area (Å²) in [5.41, 5.74) is 0.906. The number of aryl methyl sites for hydroxylation is 1. The number of urea groups is 1. The van der Waals surface area contributed by atoms with Crippen LogP contribution in [0.25, 0.3) is 0 Å². The molecule has 1 aromatic rings. The molecule has 0 radical (unpaired) electrons. The summed E-state index contributed by atoms with van der Waals surface area (Å²) in [7, 11) is 0. The summed E-state index contributed by atoms with van der Waals surface area (Å²) < 4.78 is 13.4. The van der Waals surface area contributed by atoms with E-state index in [0.29, 0.717) is 0 Å². The van der Waals surface area contributed by atoms with Gasteiger partial charge in [-0.1, -0.05) is 6.07 Å². The number of benzene rings is 1. The number of carbonyl (C=O) groups excluding carboxylic acids is 1. The normalized spacial score (nSPS) is 10.2. The van der Waals surface area contributed by atoms with Gasteiger partial charge in [-0.3, -0.25) is 0 Å². The van der Waals surface area contributed by atoms with E-state index in [1.807, 2.05) is 0 Å². The van der Waals surface area contributed by atoms with Crippen molar-refractivity contribution >= 4 is 11.7 Å². The van der Waals surface area contributed by atoms with Gasteiger partial charge in [0, 0.05) is 13.1 Å². The van der Waals surface area contributed by atoms with E-state index in [2.05, 4.69) is 5.32 Å². The van der Waals surface area contributed by atoms with Crippen LogP contribution in [-0.2, 0) is 0 Å². The van der Waals surface area contributed by atoms with Gasteiger partial charge in [-0.2, -0.15) is 0 Å². The molecule has 0 unspecified atom stereocenters. The first-order valence-corrected chi connectivity index (χ1v) is 5.62. The highest BCUT2D eigenvalue weighted by Crippen LogP contribution is 2.16. The fourth-order valence-corrected chi connectivity index (χ4v) is 1.49. The van der Waals surface area contributed by atoms with Crippen molar-refractivity contribution in [3.63, 3.8) is 0 Å². The largest absolute Gasteiger partial charge is 0.395 e. The summed E-state index contributed by atoms with van der Waals surface area (Å²) in [5, 5.41) is 20.0. The highest BCUT2D eigenvalue weighted by molar-refractivity contribution is 5.89. The second-order valence-corrected chi connectivity index (χ2v) is 3.85. The van der Waals surface area contributed by atoms with Crippen LogP contribution in [0.2, 0.25) is 0 Å². The van der Waals surface area contributed by atoms with Gasteiger partial charge in [0.1, 0.15) is 5.82 Å². The summed E-state index contributed by atoms with van der Waals surface area (Å²) in [6, 6.07) is 3.84. The smallest absolute Gasteiger partial charge is 0.322 e. The molecule has 0 fully saturated rings. The second-order valence-electron chi connectivity index (χ2n) is 3.85. The lowest BCUT2D eigenvalue weighted by Crippen LogP contribution is -2.39. The number of anilines is 1. The number of hydrogen-bond acceptors (Lipinski definition) is 3. The molecule has 100 valence electrons. The molecule has 0 aliphatic heterocycles. The molecule has 5 nitrogen and oxygen atoms in total. The Kier molecular flexibility index (Phi) is 5.54. The number of halogens is 1. The average Bonchev–Trinajstić information content (AvgIpc) is 2.33. The number of aliphatic hydroxyl groups excluding tert-OH is 2. The van der Waals surface area contributed by atoms with Crippen LogP contribution in [0.3, 0.4) is 0 Å². The zero-order chi connectivity index (χ0) is 13.5. The number of rotatable bonds is 5. The molecule has 18 heavy (non-hydrogen) atoms. The lowest BCUT2D eigenvalue weighted by molar-refractivity contribution is 0.167. The Morgan fingerprint density at radius 3 is 2.50 bits per heavy atom. The van der Waals surface area contributed by atoms with Crippen molar-refractivity contribution in [1.82, 2.24) is 4.90 Å². The van der Waals surface area contributed by atoms with Crippen molar-refractivity contribution in [2.75, 3.05) is 31.6 Å². The van der Waals surface area contributed by atoms with Crippen LogP contribution in [0.1, 0.15) is 5.56 Å². The lowest BCUT2D eigenvalue weighted by Gasteiger charge is -2.21. The first-order chi connectivity index (χ1) is 8.58. The second kappa shape index (κ2) is 6.93. The SMILES string of the molecule is Cc1ccc(F)c(NC(=O)N(CCO)CCO)c1. The van der Waals surface area contributed by atoms with E-state index in [1.54, 1.807) is 13.0 Å². The summed E-state index contributed by atoms with van der Waals surface area (Å²) in [5.74, 6) is -0.526. The number of carbonyl (C=O) groups is 1. The number of amides is 2. The summed E-state index contributed by atoms with van der Waals surface area (Å²) >= 11 is 0. The van der Waals surface area contributed by atoms with Gasteiger partial charge in [-0.15, -0.1) is 0 Å². The Morgan fingerprint density at radius 1 is 1.33 bits per heavy atom. The monoisotopic (exact) mass is 256 g/mol. The minimum atomic E-state index is -0.553. The third-order valence-corrected chi connectivity index (χ3v) is 2.39. The van der Waals surface area contributed by atoms with Crippen molar-refractivity contribution in [2.24, 2.45) is 0 Å². The predicted molar refractivity (Wildman–Crippen MR) is 65.9 cm³/mol. The first kappa shape index (κ1) is 14.4. The molecular weight excluding hydrogens is 239 g/mol. The van der Waals surface area contributed by atoms with Crippen LogP contribution in [0.5, 0.6) is 0 Å². The van der Waals surface area contributed by atoms with Crippen LogP contribution in [0.4, 0.5) is 14.9 Å². The Hall–Kier alpha value is -1.66. The Balaban J connectivity index is 2.75. The Labute approximate surface area is 105 Å². The molecule has 1 rings (SSSR count). The van der Waals surface area contributed by atoms with Gasteiger partial charge in [0.25, 0.3) is 0 Å². The first-order valence-electron chi connectivity index (χ1n) is 5.62. The molecule has 0 bridgehead atoms. The van der Waals surface area contributed by atoms with Crippen molar-refractivity contribution in [1.29, 1.82) is 0 Å². The van der Waals surface area contributed by atoms with Gasteiger partial charge in [-0.05, 0) is 24.6 Å². The maximum Gasteiger partial charge on any atom is 0.322 e. The number of aliphatic hydroxyl groups is 2. The molecule has 6 heteroatoms. The lowest BCUT2D eigenvalue weighted by atomic mass is 10.2. The predicted octanol–water partition coefficient (Wildman–Crippen LogP) is 0.953. The molecule has 0 heterocycles.